The number of carbonyl (C=O) groups excluding carboxylic acids is 2. The standard InChI is InChI=1S/C14H27N3O3/c1-3-5-8-12(15)13(18)17-9-6-7-11(10-17)16-14(19)20-4-2/h11-12H,3-10,15H2,1-2H3,(H,16,19)/t11?,12-/m0/s1. The highest BCUT2D eigenvalue weighted by Crippen LogP contribution is 2.12. The van der Waals surface area contributed by atoms with Crippen molar-refractivity contribution in [1.29, 1.82) is 0 Å². The van der Waals surface area contributed by atoms with E-state index in [0.717, 1.165) is 38.6 Å². The Hall–Kier alpha value is -1.30. The lowest BCUT2D eigenvalue weighted by molar-refractivity contribution is -0.134. The normalized spacial score (nSPS) is 20.4. The van der Waals surface area contributed by atoms with Gasteiger partial charge in [0.05, 0.1) is 12.6 Å². The zero-order valence-electron chi connectivity index (χ0n) is 12.6. The van der Waals surface area contributed by atoms with Gasteiger partial charge in [-0.2, -0.15) is 0 Å². The van der Waals surface area contributed by atoms with E-state index in [2.05, 4.69) is 12.2 Å². The summed E-state index contributed by atoms with van der Waals surface area (Å²) < 4.78 is 4.86. The summed E-state index contributed by atoms with van der Waals surface area (Å²) in [5.41, 5.74) is 5.93. The van der Waals surface area contributed by atoms with Gasteiger partial charge in [0.25, 0.3) is 0 Å². The minimum atomic E-state index is -0.420. The Bertz CT molecular complexity index is 323. The van der Waals surface area contributed by atoms with Gasteiger partial charge in [0.15, 0.2) is 0 Å². The molecule has 6 nitrogen and oxygen atoms in total. The molecular formula is C14H27N3O3. The fourth-order valence-corrected chi connectivity index (χ4v) is 2.42. The minimum absolute atomic E-state index is 0.00573. The maximum absolute atomic E-state index is 12.2. The molecular weight excluding hydrogens is 258 g/mol. The lowest BCUT2D eigenvalue weighted by Crippen LogP contribution is -2.53. The van der Waals surface area contributed by atoms with Crippen LogP contribution in [-0.4, -0.2) is 48.7 Å². The average molecular weight is 285 g/mol. The van der Waals surface area contributed by atoms with E-state index in [9.17, 15) is 9.59 Å². The summed E-state index contributed by atoms with van der Waals surface area (Å²) in [4.78, 5) is 25.4. The molecule has 0 aromatic heterocycles. The molecule has 1 aliphatic heterocycles. The fraction of sp³-hybridized carbons (Fsp3) is 0.857. The predicted octanol–water partition coefficient (Wildman–Crippen LogP) is 1.24. The van der Waals surface area contributed by atoms with Gasteiger partial charge in [-0.25, -0.2) is 4.79 Å². The first-order valence-corrected chi connectivity index (χ1v) is 7.56. The molecule has 0 bridgehead atoms. The smallest absolute Gasteiger partial charge is 0.407 e. The largest absolute Gasteiger partial charge is 0.450 e. The van der Waals surface area contributed by atoms with Crippen LogP contribution in [0.15, 0.2) is 0 Å². The van der Waals surface area contributed by atoms with Crippen LogP contribution in [-0.2, 0) is 9.53 Å². The molecule has 1 heterocycles. The molecule has 0 spiro atoms. The molecule has 2 atom stereocenters. The van der Waals surface area contributed by atoms with Gasteiger partial charge in [0, 0.05) is 19.1 Å². The summed E-state index contributed by atoms with van der Waals surface area (Å²) in [7, 11) is 0. The van der Waals surface area contributed by atoms with E-state index in [0.29, 0.717) is 13.2 Å². The molecule has 116 valence electrons. The van der Waals surface area contributed by atoms with Crippen molar-refractivity contribution in [2.45, 2.75) is 58.0 Å². The molecule has 1 aliphatic rings. The number of alkyl carbamates (subject to hydrolysis) is 1. The van der Waals surface area contributed by atoms with E-state index in [-0.39, 0.29) is 11.9 Å². The number of nitrogens with two attached hydrogens (primary N) is 1. The Morgan fingerprint density at radius 2 is 2.20 bits per heavy atom. The zero-order valence-corrected chi connectivity index (χ0v) is 12.6. The Labute approximate surface area is 121 Å². The second-order valence-corrected chi connectivity index (χ2v) is 5.24. The highest BCUT2D eigenvalue weighted by molar-refractivity contribution is 5.81. The van der Waals surface area contributed by atoms with E-state index in [1.807, 2.05) is 0 Å². The van der Waals surface area contributed by atoms with Crippen LogP contribution in [0.25, 0.3) is 0 Å². The van der Waals surface area contributed by atoms with E-state index < -0.39 is 12.1 Å². The molecule has 1 fully saturated rings. The maximum Gasteiger partial charge on any atom is 0.407 e. The van der Waals surface area contributed by atoms with Crippen molar-refractivity contribution in [1.82, 2.24) is 10.2 Å². The summed E-state index contributed by atoms with van der Waals surface area (Å²) in [6, 6.07) is -0.457. The van der Waals surface area contributed by atoms with Gasteiger partial charge in [0.2, 0.25) is 5.91 Å². The number of hydrogen-bond donors (Lipinski definition) is 2. The van der Waals surface area contributed by atoms with Crippen LogP contribution in [0.5, 0.6) is 0 Å². The lowest BCUT2D eigenvalue weighted by atomic mass is 10.0. The molecule has 6 heteroatoms. The molecule has 20 heavy (non-hydrogen) atoms. The Balaban J connectivity index is 2.43. The average Bonchev–Trinajstić information content (AvgIpc) is 2.44. The number of unbranched alkanes of at least 4 members (excludes halogenated alkanes) is 1. The van der Waals surface area contributed by atoms with Crippen molar-refractivity contribution in [2.24, 2.45) is 5.73 Å². The van der Waals surface area contributed by atoms with Crippen molar-refractivity contribution >= 4 is 12.0 Å². The van der Waals surface area contributed by atoms with Gasteiger partial charge < -0.3 is 20.7 Å². The topological polar surface area (TPSA) is 84.7 Å². The lowest BCUT2D eigenvalue weighted by Gasteiger charge is -2.34. The van der Waals surface area contributed by atoms with Crippen LogP contribution < -0.4 is 11.1 Å². The molecule has 0 aromatic rings. The highest BCUT2D eigenvalue weighted by Gasteiger charge is 2.27. The molecule has 2 amide bonds. The fourth-order valence-electron chi connectivity index (χ4n) is 2.42. The van der Waals surface area contributed by atoms with Gasteiger partial charge in [-0.1, -0.05) is 19.8 Å². The summed E-state index contributed by atoms with van der Waals surface area (Å²) >= 11 is 0. The molecule has 1 saturated heterocycles. The molecule has 1 unspecified atom stereocenters. The van der Waals surface area contributed by atoms with E-state index in [4.69, 9.17) is 10.5 Å². The first-order chi connectivity index (χ1) is 9.58. The van der Waals surface area contributed by atoms with Crippen LogP contribution in [0.4, 0.5) is 4.79 Å². The number of nitrogens with zero attached hydrogens (tertiary/aromatic N) is 1. The van der Waals surface area contributed by atoms with Crippen LogP contribution >= 0.6 is 0 Å². The van der Waals surface area contributed by atoms with Crippen LogP contribution in [0.3, 0.4) is 0 Å². The summed E-state index contributed by atoms with van der Waals surface area (Å²) in [5.74, 6) is -0.00573. The quantitative estimate of drug-likeness (QED) is 0.769. The van der Waals surface area contributed by atoms with Gasteiger partial charge in [-0.15, -0.1) is 0 Å². The molecule has 1 rings (SSSR count). The van der Waals surface area contributed by atoms with Gasteiger partial charge in [-0.05, 0) is 26.2 Å². The van der Waals surface area contributed by atoms with Crippen LogP contribution in [0.2, 0.25) is 0 Å². The number of piperidine rings is 1. The van der Waals surface area contributed by atoms with Gasteiger partial charge in [-0.3, -0.25) is 4.79 Å². The molecule has 3 N–H and O–H groups in total. The number of likely N-dealkylation sites (tertiary alicyclic amines) is 1. The minimum Gasteiger partial charge on any atom is -0.450 e. The van der Waals surface area contributed by atoms with Crippen molar-refractivity contribution in [3.05, 3.63) is 0 Å². The number of amides is 2. The van der Waals surface area contributed by atoms with Gasteiger partial charge >= 0.3 is 6.09 Å². The van der Waals surface area contributed by atoms with E-state index >= 15 is 0 Å². The van der Waals surface area contributed by atoms with E-state index in [1.165, 1.54) is 0 Å². The SMILES string of the molecule is CCCC[C@H](N)C(=O)N1CCCC(NC(=O)OCC)C1. The number of ether oxygens (including phenoxy) is 1. The number of nitrogens with one attached hydrogen (secondary N) is 1. The zero-order chi connectivity index (χ0) is 15.0. The first kappa shape index (κ1) is 16.8. The third-order valence-electron chi connectivity index (χ3n) is 3.52. The number of hydrogen-bond acceptors (Lipinski definition) is 4. The number of rotatable bonds is 6. The molecule has 0 radical (unpaired) electrons. The van der Waals surface area contributed by atoms with Crippen LogP contribution in [0, 0.1) is 0 Å². The highest BCUT2D eigenvalue weighted by atomic mass is 16.5. The van der Waals surface area contributed by atoms with Crippen LogP contribution in [0.1, 0.15) is 46.0 Å². The Kier molecular flexibility index (Phi) is 7.36. The van der Waals surface area contributed by atoms with Gasteiger partial charge in [0.1, 0.15) is 0 Å². The monoisotopic (exact) mass is 285 g/mol. The first-order valence-electron chi connectivity index (χ1n) is 7.56. The third-order valence-corrected chi connectivity index (χ3v) is 3.52. The summed E-state index contributed by atoms with van der Waals surface area (Å²) in [6.45, 7) is 5.45. The second kappa shape index (κ2) is 8.79. The van der Waals surface area contributed by atoms with Crippen molar-refractivity contribution in [2.75, 3.05) is 19.7 Å². The predicted molar refractivity (Wildman–Crippen MR) is 77.3 cm³/mol. The summed E-state index contributed by atoms with van der Waals surface area (Å²) in [5, 5.41) is 2.79. The van der Waals surface area contributed by atoms with Crippen molar-refractivity contribution in [3.8, 4) is 0 Å². The number of carbonyl (C=O) groups is 2. The maximum atomic E-state index is 12.2. The van der Waals surface area contributed by atoms with E-state index in [1.54, 1.807) is 11.8 Å². The molecule has 0 saturated carbocycles. The Morgan fingerprint density at radius 1 is 1.45 bits per heavy atom. The molecule has 0 aromatic carbocycles. The van der Waals surface area contributed by atoms with Crippen molar-refractivity contribution in [3.63, 3.8) is 0 Å². The molecule has 0 aliphatic carbocycles. The van der Waals surface area contributed by atoms with Crippen molar-refractivity contribution < 1.29 is 14.3 Å². The second-order valence-electron chi connectivity index (χ2n) is 5.24. The Morgan fingerprint density at radius 3 is 2.85 bits per heavy atom. The third kappa shape index (κ3) is 5.36. The summed E-state index contributed by atoms with van der Waals surface area (Å²) in [6.07, 6.45) is 4.05.